The Labute approximate surface area is 139 Å². The summed E-state index contributed by atoms with van der Waals surface area (Å²) in [7, 11) is 0. The third-order valence-electron chi connectivity index (χ3n) is 3.87. The number of ether oxygens (including phenoxy) is 2. The van der Waals surface area contributed by atoms with Crippen LogP contribution in [0.15, 0.2) is 23.8 Å². The summed E-state index contributed by atoms with van der Waals surface area (Å²) >= 11 is 0. The molecule has 126 valence electrons. The molecule has 1 aromatic rings. The highest BCUT2D eigenvalue weighted by Crippen LogP contribution is 2.28. The first-order chi connectivity index (χ1) is 11.2. The molecule has 2 rings (SSSR count). The molecule has 1 fully saturated rings. The number of rotatable bonds is 7. The molecule has 0 radical (unpaired) electrons. The smallest absolute Gasteiger partial charge is 0.161 e. The molecule has 0 amide bonds. The lowest BCUT2D eigenvalue weighted by Gasteiger charge is -2.27. The van der Waals surface area contributed by atoms with Gasteiger partial charge in [-0.3, -0.25) is 9.69 Å². The SMILES string of the molecule is CCCN1CCC(=O)/C(=C/c2ccc(OCC)cc2OCC)C1. The van der Waals surface area contributed by atoms with Gasteiger partial charge in [-0.15, -0.1) is 0 Å². The number of likely N-dealkylation sites (tertiary alicyclic amines) is 1. The fraction of sp³-hybridized carbons (Fsp3) is 0.526. The van der Waals surface area contributed by atoms with E-state index in [2.05, 4.69) is 11.8 Å². The van der Waals surface area contributed by atoms with E-state index in [1.54, 1.807) is 0 Å². The van der Waals surface area contributed by atoms with Crippen molar-refractivity contribution in [3.05, 3.63) is 29.3 Å². The number of Topliss-reactive ketones (excluding diaryl/α,β-unsaturated/α-hetero) is 1. The Kier molecular flexibility index (Phi) is 6.66. The molecule has 1 aliphatic rings. The number of ketones is 1. The van der Waals surface area contributed by atoms with Gasteiger partial charge in [0.05, 0.1) is 13.2 Å². The first-order valence-corrected chi connectivity index (χ1v) is 8.53. The number of hydrogen-bond donors (Lipinski definition) is 0. The minimum Gasteiger partial charge on any atom is -0.494 e. The van der Waals surface area contributed by atoms with Crippen LogP contribution in [0, 0.1) is 0 Å². The molecule has 1 heterocycles. The van der Waals surface area contributed by atoms with Crippen LogP contribution >= 0.6 is 0 Å². The summed E-state index contributed by atoms with van der Waals surface area (Å²) in [5, 5.41) is 0. The van der Waals surface area contributed by atoms with Gasteiger partial charge in [-0.25, -0.2) is 0 Å². The molecule has 0 atom stereocenters. The van der Waals surface area contributed by atoms with E-state index in [1.165, 1.54) is 0 Å². The average molecular weight is 317 g/mol. The molecular formula is C19H27NO3. The van der Waals surface area contributed by atoms with Crippen LogP contribution in [0.5, 0.6) is 11.5 Å². The van der Waals surface area contributed by atoms with Crippen LogP contribution in [0.3, 0.4) is 0 Å². The summed E-state index contributed by atoms with van der Waals surface area (Å²) in [5.41, 5.74) is 1.81. The van der Waals surface area contributed by atoms with Crippen molar-refractivity contribution in [1.29, 1.82) is 0 Å². The highest BCUT2D eigenvalue weighted by atomic mass is 16.5. The largest absolute Gasteiger partial charge is 0.494 e. The van der Waals surface area contributed by atoms with Crippen molar-refractivity contribution in [3.8, 4) is 11.5 Å². The highest BCUT2D eigenvalue weighted by molar-refractivity contribution is 6.01. The Balaban J connectivity index is 2.26. The molecule has 0 spiro atoms. The van der Waals surface area contributed by atoms with Gasteiger partial charge >= 0.3 is 0 Å². The molecule has 0 unspecified atom stereocenters. The normalized spacial score (nSPS) is 17.5. The second-order valence-corrected chi connectivity index (χ2v) is 5.68. The molecule has 0 N–H and O–H groups in total. The lowest BCUT2D eigenvalue weighted by Crippen LogP contribution is -2.36. The predicted octanol–water partition coefficient (Wildman–Crippen LogP) is 3.55. The second kappa shape index (κ2) is 8.73. The molecule has 1 saturated heterocycles. The van der Waals surface area contributed by atoms with Gasteiger partial charge in [-0.05, 0) is 45.0 Å². The molecule has 0 aromatic heterocycles. The molecule has 4 heteroatoms. The van der Waals surface area contributed by atoms with Crippen LogP contribution in [-0.2, 0) is 4.79 Å². The quantitative estimate of drug-likeness (QED) is 0.721. The van der Waals surface area contributed by atoms with Gasteiger partial charge in [0.1, 0.15) is 11.5 Å². The fourth-order valence-electron chi connectivity index (χ4n) is 2.82. The third-order valence-corrected chi connectivity index (χ3v) is 3.87. The van der Waals surface area contributed by atoms with Crippen molar-refractivity contribution in [1.82, 2.24) is 4.90 Å². The van der Waals surface area contributed by atoms with Crippen LogP contribution in [0.25, 0.3) is 6.08 Å². The maximum Gasteiger partial charge on any atom is 0.161 e. The Morgan fingerprint density at radius 3 is 2.65 bits per heavy atom. The topological polar surface area (TPSA) is 38.8 Å². The number of carbonyl (C=O) groups excluding carboxylic acids is 1. The van der Waals surface area contributed by atoms with Gasteiger partial charge in [0.2, 0.25) is 0 Å². The summed E-state index contributed by atoms with van der Waals surface area (Å²) < 4.78 is 11.3. The molecule has 23 heavy (non-hydrogen) atoms. The number of hydrogen-bond acceptors (Lipinski definition) is 4. The van der Waals surface area contributed by atoms with E-state index in [0.29, 0.717) is 19.6 Å². The summed E-state index contributed by atoms with van der Waals surface area (Å²) in [4.78, 5) is 14.6. The van der Waals surface area contributed by atoms with E-state index in [1.807, 2.05) is 38.1 Å². The van der Waals surface area contributed by atoms with E-state index < -0.39 is 0 Å². The van der Waals surface area contributed by atoms with E-state index in [9.17, 15) is 4.79 Å². The molecule has 0 saturated carbocycles. The second-order valence-electron chi connectivity index (χ2n) is 5.68. The summed E-state index contributed by atoms with van der Waals surface area (Å²) in [6, 6.07) is 5.79. The number of carbonyl (C=O) groups is 1. The molecular weight excluding hydrogens is 290 g/mol. The predicted molar refractivity (Wildman–Crippen MR) is 93.1 cm³/mol. The molecule has 0 bridgehead atoms. The lowest BCUT2D eigenvalue weighted by atomic mass is 9.99. The fourth-order valence-corrected chi connectivity index (χ4v) is 2.82. The Morgan fingerprint density at radius 1 is 1.17 bits per heavy atom. The standard InChI is InChI=1S/C19H27NO3/c1-4-10-20-11-9-18(21)16(14-20)12-15-7-8-17(22-5-2)13-19(15)23-6-3/h7-8,12-13H,4-6,9-11,14H2,1-3H3/b16-12+. The minimum atomic E-state index is 0.244. The Morgan fingerprint density at radius 2 is 1.96 bits per heavy atom. The van der Waals surface area contributed by atoms with Crippen LogP contribution in [0.1, 0.15) is 39.2 Å². The first kappa shape index (κ1) is 17.5. The highest BCUT2D eigenvalue weighted by Gasteiger charge is 2.21. The van der Waals surface area contributed by atoms with Crippen molar-refractivity contribution in [2.45, 2.75) is 33.6 Å². The molecule has 1 aliphatic heterocycles. The van der Waals surface area contributed by atoms with Gasteiger partial charge in [0.15, 0.2) is 5.78 Å². The van der Waals surface area contributed by atoms with Crippen LogP contribution in [0.2, 0.25) is 0 Å². The monoisotopic (exact) mass is 317 g/mol. The van der Waals surface area contributed by atoms with Crippen molar-refractivity contribution in [3.63, 3.8) is 0 Å². The van der Waals surface area contributed by atoms with Crippen LogP contribution in [-0.4, -0.2) is 43.5 Å². The zero-order chi connectivity index (χ0) is 16.7. The Bertz CT molecular complexity index is 566. The van der Waals surface area contributed by atoms with Crippen molar-refractivity contribution in [2.75, 3.05) is 32.8 Å². The number of piperidine rings is 1. The number of benzene rings is 1. The van der Waals surface area contributed by atoms with Gasteiger partial charge < -0.3 is 9.47 Å². The molecule has 1 aromatic carbocycles. The van der Waals surface area contributed by atoms with Crippen molar-refractivity contribution in [2.24, 2.45) is 0 Å². The molecule has 0 aliphatic carbocycles. The van der Waals surface area contributed by atoms with Crippen molar-refractivity contribution >= 4 is 11.9 Å². The number of nitrogens with zero attached hydrogens (tertiary/aromatic N) is 1. The maximum atomic E-state index is 12.2. The van der Waals surface area contributed by atoms with Gasteiger partial charge in [0, 0.05) is 36.7 Å². The maximum absolute atomic E-state index is 12.2. The van der Waals surface area contributed by atoms with Crippen molar-refractivity contribution < 1.29 is 14.3 Å². The summed E-state index contributed by atoms with van der Waals surface area (Å²) in [5.74, 6) is 1.81. The van der Waals surface area contributed by atoms with E-state index in [4.69, 9.17) is 9.47 Å². The summed E-state index contributed by atoms with van der Waals surface area (Å²) in [6.45, 7) is 9.92. The zero-order valence-corrected chi connectivity index (χ0v) is 14.4. The van der Waals surface area contributed by atoms with Crippen LogP contribution in [0.4, 0.5) is 0 Å². The van der Waals surface area contributed by atoms with Gasteiger partial charge in [-0.2, -0.15) is 0 Å². The third kappa shape index (κ3) is 4.83. The van der Waals surface area contributed by atoms with Crippen LogP contribution < -0.4 is 9.47 Å². The van der Waals surface area contributed by atoms with E-state index in [0.717, 1.165) is 48.7 Å². The lowest BCUT2D eigenvalue weighted by molar-refractivity contribution is -0.117. The van der Waals surface area contributed by atoms with Gasteiger partial charge in [-0.1, -0.05) is 6.92 Å². The average Bonchev–Trinajstić information content (AvgIpc) is 2.54. The minimum absolute atomic E-state index is 0.244. The summed E-state index contributed by atoms with van der Waals surface area (Å²) in [6.07, 6.45) is 3.69. The van der Waals surface area contributed by atoms with Gasteiger partial charge in [0.25, 0.3) is 0 Å². The first-order valence-electron chi connectivity index (χ1n) is 8.53. The van der Waals surface area contributed by atoms with E-state index in [-0.39, 0.29) is 5.78 Å². The van der Waals surface area contributed by atoms with E-state index >= 15 is 0 Å². The molecule has 4 nitrogen and oxygen atoms in total. The Hall–Kier alpha value is -1.81. The zero-order valence-electron chi connectivity index (χ0n) is 14.4.